The Balaban J connectivity index is 1.58. The van der Waals surface area contributed by atoms with Crippen LogP contribution in [0, 0.1) is 0 Å². The van der Waals surface area contributed by atoms with Crippen molar-refractivity contribution in [2.45, 2.75) is 0 Å². The fraction of sp³-hybridized carbons (Fsp3) is 0. The lowest BCUT2D eigenvalue weighted by molar-refractivity contribution is 1.20. The molecule has 1 heterocycles. The van der Waals surface area contributed by atoms with Crippen molar-refractivity contribution in [2.24, 2.45) is 0 Å². The Hall–Kier alpha value is -5.21. The van der Waals surface area contributed by atoms with Crippen molar-refractivity contribution in [2.75, 3.05) is 4.90 Å². The van der Waals surface area contributed by atoms with Gasteiger partial charge in [0.25, 0.3) is 0 Å². The lowest BCUT2D eigenvalue weighted by Gasteiger charge is -2.29. The maximum Gasteiger partial charge on any atom is 0.138 e. The van der Waals surface area contributed by atoms with E-state index >= 15 is 0 Å². The number of rotatable bonds is 5. The average Bonchev–Trinajstić information content (AvgIpc) is 3.02. The first-order chi connectivity index (χ1) is 19.4. The number of aromatic nitrogens is 1. The summed E-state index contributed by atoms with van der Waals surface area (Å²) in [6.07, 6.45) is 0. The maximum absolute atomic E-state index is 5.22. The molecule has 0 N–H and O–H groups in total. The first-order valence-electron chi connectivity index (χ1n) is 13.2. The Bertz CT molecular complexity index is 1840. The van der Waals surface area contributed by atoms with Crippen molar-refractivity contribution in [3.05, 3.63) is 158 Å². The Labute approximate surface area is 228 Å². The molecule has 0 saturated carbocycles. The van der Waals surface area contributed by atoms with Gasteiger partial charge in [0.2, 0.25) is 0 Å². The molecule has 0 spiro atoms. The third kappa shape index (κ3) is 4.13. The van der Waals surface area contributed by atoms with Gasteiger partial charge in [-0.25, -0.2) is 4.98 Å². The van der Waals surface area contributed by atoms with Gasteiger partial charge in [-0.15, -0.1) is 0 Å². The molecule has 0 saturated heterocycles. The molecule has 6 aromatic carbocycles. The van der Waals surface area contributed by atoms with Crippen LogP contribution in [-0.4, -0.2) is 4.98 Å². The maximum atomic E-state index is 5.22. The molecule has 2 heteroatoms. The summed E-state index contributed by atoms with van der Waals surface area (Å²) in [4.78, 5) is 7.53. The Morgan fingerprint density at radius 1 is 0.385 bits per heavy atom. The van der Waals surface area contributed by atoms with Crippen LogP contribution in [0.5, 0.6) is 0 Å². The molecular weight excluding hydrogens is 472 g/mol. The third-order valence-corrected chi connectivity index (χ3v) is 7.24. The molecule has 0 bridgehead atoms. The highest BCUT2D eigenvalue weighted by Gasteiger charge is 2.22. The van der Waals surface area contributed by atoms with E-state index in [0.717, 1.165) is 28.5 Å². The summed E-state index contributed by atoms with van der Waals surface area (Å²) < 4.78 is 0. The third-order valence-electron chi connectivity index (χ3n) is 7.24. The van der Waals surface area contributed by atoms with Crippen molar-refractivity contribution < 1.29 is 0 Å². The molecule has 0 aliphatic rings. The van der Waals surface area contributed by atoms with Crippen LogP contribution >= 0.6 is 0 Å². The van der Waals surface area contributed by atoms with Gasteiger partial charge in [-0.05, 0) is 46.2 Å². The van der Waals surface area contributed by atoms with E-state index in [4.69, 9.17) is 4.98 Å². The second-order valence-corrected chi connectivity index (χ2v) is 9.60. The number of nitrogens with zero attached hydrogens (tertiary/aromatic N) is 2. The van der Waals surface area contributed by atoms with E-state index in [1.54, 1.807) is 0 Å². The van der Waals surface area contributed by atoms with E-state index in [2.05, 4.69) is 157 Å². The first-order valence-corrected chi connectivity index (χ1v) is 13.2. The summed E-state index contributed by atoms with van der Waals surface area (Å²) in [5.41, 5.74) is 6.71. The molecule has 1 aromatic heterocycles. The first kappa shape index (κ1) is 22.9. The molecule has 7 rings (SSSR count). The van der Waals surface area contributed by atoms with Gasteiger partial charge in [0.05, 0.1) is 11.4 Å². The number of hydrogen-bond donors (Lipinski definition) is 0. The molecular formula is C37H26N2. The average molecular weight is 499 g/mol. The molecule has 0 aliphatic heterocycles. The lowest BCUT2D eigenvalue weighted by Crippen LogP contribution is -2.13. The van der Waals surface area contributed by atoms with Gasteiger partial charge < -0.3 is 0 Å². The van der Waals surface area contributed by atoms with Crippen LogP contribution in [0.2, 0.25) is 0 Å². The zero-order valence-electron chi connectivity index (χ0n) is 21.4. The summed E-state index contributed by atoms with van der Waals surface area (Å²) in [5, 5.41) is 4.81. The Kier molecular flexibility index (Phi) is 5.84. The predicted octanol–water partition coefficient (Wildman–Crippen LogP) is 10.2. The second kappa shape index (κ2) is 9.92. The highest BCUT2D eigenvalue weighted by atomic mass is 15.2. The lowest BCUT2D eigenvalue weighted by atomic mass is 9.90. The number of fused-ring (bicyclic) bond motifs is 2. The van der Waals surface area contributed by atoms with Crippen molar-refractivity contribution >= 4 is 38.7 Å². The largest absolute Gasteiger partial charge is 0.294 e. The number of benzene rings is 6. The van der Waals surface area contributed by atoms with Crippen LogP contribution in [-0.2, 0) is 0 Å². The van der Waals surface area contributed by atoms with Gasteiger partial charge in [0.1, 0.15) is 5.82 Å². The topological polar surface area (TPSA) is 16.1 Å². The summed E-state index contributed by atoms with van der Waals surface area (Å²) in [7, 11) is 0. The summed E-state index contributed by atoms with van der Waals surface area (Å²) in [6, 6.07) is 55.4. The number of pyridine rings is 1. The van der Waals surface area contributed by atoms with Crippen LogP contribution in [0.4, 0.5) is 17.2 Å². The minimum absolute atomic E-state index is 0.880. The van der Waals surface area contributed by atoms with Gasteiger partial charge in [-0.2, -0.15) is 0 Å². The zero-order chi connectivity index (χ0) is 26.0. The molecule has 39 heavy (non-hydrogen) atoms. The minimum Gasteiger partial charge on any atom is -0.294 e. The van der Waals surface area contributed by atoms with Gasteiger partial charge in [0, 0.05) is 22.0 Å². The highest BCUT2D eigenvalue weighted by molar-refractivity contribution is 6.22. The quantitative estimate of drug-likeness (QED) is 0.219. The SMILES string of the molecule is c1ccc(-c2cccc(N(c3ccccc3)c3c4ccccc4c(-c4ccccc4)c4ccccc34)n2)cc1. The molecule has 0 unspecified atom stereocenters. The minimum atomic E-state index is 0.880. The molecule has 0 radical (unpaired) electrons. The summed E-state index contributed by atoms with van der Waals surface area (Å²) in [6.45, 7) is 0. The Morgan fingerprint density at radius 2 is 0.872 bits per heavy atom. The second-order valence-electron chi connectivity index (χ2n) is 9.60. The molecule has 184 valence electrons. The summed E-state index contributed by atoms with van der Waals surface area (Å²) >= 11 is 0. The predicted molar refractivity (Wildman–Crippen MR) is 165 cm³/mol. The van der Waals surface area contributed by atoms with E-state index < -0.39 is 0 Å². The van der Waals surface area contributed by atoms with Crippen LogP contribution in [0.25, 0.3) is 43.9 Å². The highest BCUT2D eigenvalue weighted by Crippen LogP contribution is 2.47. The van der Waals surface area contributed by atoms with Gasteiger partial charge in [-0.3, -0.25) is 4.90 Å². The van der Waals surface area contributed by atoms with Crippen molar-refractivity contribution in [3.8, 4) is 22.4 Å². The van der Waals surface area contributed by atoms with Crippen LogP contribution in [0.15, 0.2) is 158 Å². The van der Waals surface area contributed by atoms with Crippen molar-refractivity contribution in [3.63, 3.8) is 0 Å². The number of hydrogen-bond acceptors (Lipinski definition) is 2. The van der Waals surface area contributed by atoms with Crippen LogP contribution < -0.4 is 4.90 Å². The van der Waals surface area contributed by atoms with E-state index in [9.17, 15) is 0 Å². The molecule has 2 nitrogen and oxygen atoms in total. The summed E-state index contributed by atoms with van der Waals surface area (Å²) in [5.74, 6) is 0.880. The zero-order valence-corrected chi connectivity index (χ0v) is 21.4. The Morgan fingerprint density at radius 3 is 1.46 bits per heavy atom. The van der Waals surface area contributed by atoms with Crippen LogP contribution in [0.3, 0.4) is 0 Å². The molecule has 7 aromatic rings. The van der Waals surface area contributed by atoms with Gasteiger partial charge >= 0.3 is 0 Å². The monoisotopic (exact) mass is 498 g/mol. The van der Waals surface area contributed by atoms with E-state index in [1.807, 2.05) is 6.07 Å². The number of para-hydroxylation sites is 1. The number of anilines is 3. The van der Waals surface area contributed by atoms with Crippen molar-refractivity contribution in [1.29, 1.82) is 0 Å². The van der Waals surface area contributed by atoms with Crippen LogP contribution in [0.1, 0.15) is 0 Å². The standard InChI is InChI=1S/C37H26N2/c1-4-15-27(16-5-1)34-25-14-26-35(38-34)39(29-19-8-3-9-20-29)37-32-23-12-10-21-30(32)36(28-17-6-2-7-18-28)31-22-11-13-24-33(31)37/h1-26H. The fourth-order valence-electron chi connectivity index (χ4n) is 5.53. The normalized spacial score (nSPS) is 11.1. The fourth-order valence-corrected chi connectivity index (χ4v) is 5.53. The smallest absolute Gasteiger partial charge is 0.138 e. The van der Waals surface area contributed by atoms with Gasteiger partial charge in [-0.1, -0.05) is 133 Å². The van der Waals surface area contributed by atoms with E-state index in [1.165, 1.54) is 32.7 Å². The molecule has 0 atom stereocenters. The molecule has 0 amide bonds. The van der Waals surface area contributed by atoms with E-state index in [-0.39, 0.29) is 0 Å². The molecule has 0 aliphatic carbocycles. The molecule has 0 fully saturated rings. The van der Waals surface area contributed by atoms with E-state index in [0.29, 0.717) is 0 Å². The van der Waals surface area contributed by atoms with Crippen molar-refractivity contribution in [1.82, 2.24) is 4.98 Å². The van der Waals surface area contributed by atoms with Gasteiger partial charge in [0.15, 0.2) is 0 Å².